The van der Waals surface area contributed by atoms with Crippen LogP contribution in [0, 0.1) is 12.8 Å². The van der Waals surface area contributed by atoms with E-state index in [9.17, 15) is 4.79 Å². The van der Waals surface area contributed by atoms with Crippen molar-refractivity contribution in [2.24, 2.45) is 5.92 Å². The molecule has 1 aromatic heterocycles. The molecule has 5 heteroatoms. The van der Waals surface area contributed by atoms with Crippen molar-refractivity contribution in [3.8, 4) is 0 Å². The Morgan fingerprint density at radius 1 is 1.32 bits per heavy atom. The number of anilines is 1. The maximum atomic E-state index is 12.7. The second kappa shape index (κ2) is 6.90. The molecule has 5 nitrogen and oxygen atoms in total. The van der Waals surface area contributed by atoms with Crippen LogP contribution in [-0.2, 0) is 6.54 Å². The minimum absolute atomic E-state index is 0.00407. The zero-order chi connectivity index (χ0) is 17.2. The van der Waals surface area contributed by atoms with Gasteiger partial charge in [0, 0.05) is 43.6 Å². The minimum atomic E-state index is -0.00407. The largest absolute Gasteiger partial charge is 0.334 e. The van der Waals surface area contributed by atoms with Crippen molar-refractivity contribution in [1.29, 1.82) is 0 Å². The van der Waals surface area contributed by atoms with Crippen molar-refractivity contribution in [3.05, 3.63) is 48.0 Å². The summed E-state index contributed by atoms with van der Waals surface area (Å²) in [7, 11) is 0. The molecule has 1 aliphatic carbocycles. The van der Waals surface area contributed by atoms with Crippen LogP contribution in [0.2, 0.25) is 0 Å². The fourth-order valence-corrected chi connectivity index (χ4v) is 3.71. The number of urea groups is 1. The van der Waals surface area contributed by atoms with E-state index in [2.05, 4.69) is 21.1 Å². The molecule has 1 atom stereocenters. The Morgan fingerprint density at radius 3 is 3.00 bits per heavy atom. The van der Waals surface area contributed by atoms with E-state index >= 15 is 0 Å². The second-order valence-electron chi connectivity index (χ2n) is 7.47. The van der Waals surface area contributed by atoms with E-state index in [1.54, 1.807) is 0 Å². The smallest absolute Gasteiger partial charge is 0.321 e. The number of likely N-dealkylation sites (tertiary alicyclic amines) is 1. The highest BCUT2D eigenvalue weighted by Gasteiger charge is 2.29. The quantitative estimate of drug-likeness (QED) is 0.915. The Morgan fingerprint density at radius 2 is 2.20 bits per heavy atom. The van der Waals surface area contributed by atoms with Crippen LogP contribution in [0.15, 0.2) is 36.7 Å². The van der Waals surface area contributed by atoms with E-state index in [-0.39, 0.29) is 6.03 Å². The second-order valence-corrected chi connectivity index (χ2v) is 7.47. The number of aryl methyl sites for hydroxylation is 1. The van der Waals surface area contributed by atoms with Gasteiger partial charge >= 0.3 is 6.03 Å². The number of amides is 2. The van der Waals surface area contributed by atoms with Gasteiger partial charge in [-0.05, 0) is 56.2 Å². The Kier molecular flexibility index (Phi) is 4.47. The molecular weight excluding hydrogens is 312 g/mol. The topological polar surface area (TPSA) is 50.2 Å². The Balaban J connectivity index is 1.42. The van der Waals surface area contributed by atoms with Gasteiger partial charge in [-0.3, -0.25) is 0 Å². The van der Waals surface area contributed by atoms with Crippen molar-refractivity contribution in [2.75, 3.05) is 18.4 Å². The van der Waals surface area contributed by atoms with Crippen molar-refractivity contribution in [2.45, 2.75) is 45.1 Å². The molecule has 4 rings (SSSR count). The fraction of sp³-hybridized carbons (Fsp3) is 0.500. The summed E-state index contributed by atoms with van der Waals surface area (Å²) < 4.78 is 2.31. The van der Waals surface area contributed by atoms with E-state index in [4.69, 9.17) is 0 Å². The van der Waals surface area contributed by atoms with Crippen LogP contribution in [0.3, 0.4) is 0 Å². The van der Waals surface area contributed by atoms with Gasteiger partial charge in [0.25, 0.3) is 0 Å². The van der Waals surface area contributed by atoms with Gasteiger partial charge in [0.2, 0.25) is 0 Å². The fourth-order valence-electron chi connectivity index (χ4n) is 3.71. The van der Waals surface area contributed by atoms with Crippen LogP contribution >= 0.6 is 0 Å². The molecule has 1 saturated carbocycles. The normalized spacial score (nSPS) is 20.5. The summed E-state index contributed by atoms with van der Waals surface area (Å²) in [6, 6.07) is 7.94. The summed E-state index contributed by atoms with van der Waals surface area (Å²) in [5, 5.41) is 3.03. The lowest BCUT2D eigenvalue weighted by molar-refractivity contribution is 0.190. The van der Waals surface area contributed by atoms with E-state index in [0.717, 1.165) is 55.5 Å². The molecule has 1 saturated heterocycles. The zero-order valence-corrected chi connectivity index (χ0v) is 14.8. The Bertz CT molecular complexity index is 750. The van der Waals surface area contributed by atoms with Crippen molar-refractivity contribution in [3.63, 3.8) is 0 Å². The molecule has 1 aliphatic heterocycles. The molecular formula is C20H26N4O. The number of carbonyl (C=O) groups excluding carboxylic acids is 1. The molecule has 2 heterocycles. The van der Waals surface area contributed by atoms with E-state index in [1.807, 2.05) is 42.3 Å². The van der Waals surface area contributed by atoms with Crippen LogP contribution in [0.5, 0.6) is 0 Å². The average Bonchev–Trinajstić information content (AvgIpc) is 3.30. The first-order valence-corrected chi connectivity index (χ1v) is 9.32. The third kappa shape index (κ3) is 3.86. The van der Waals surface area contributed by atoms with Crippen LogP contribution in [0.4, 0.5) is 10.5 Å². The number of carbonyl (C=O) groups is 1. The lowest BCUT2D eigenvalue weighted by Crippen LogP contribution is -2.42. The third-order valence-electron chi connectivity index (χ3n) is 5.24. The number of benzene rings is 1. The van der Waals surface area contributed by atoms with Gasteiger partial charge in [0.1, 0.15) is 5.82 Å². The highest BCUT2D eigenvalue weighted by molar-refractivity contribution is 5.89. The summed E-state index contributed by atoms with van der Waals surface area (Å²) in [5.41, 5.74) is 2.01. The van der Waals surface area contributed by atoms with Crippen molar-refractivity contribution < 1.29 is 4.79 Å². The summed E-state index contributed by atoms with van der Waals surface area (Å²) >= 11 is 0. The Hall–Kier alpha value is -2.30. The van der Waals surface area contributed by atoms with E-state index < -0.39 is 0 Å². The lowest BCUT2D eigenvalue weighted by Gasteiger charge is -2.32. The van der Waals surface area contributed by atoms with E-state index in [1.165, 1.54) is 12.8 Å². The first kappa shape index (κ1) is 16.2. The van der Waals surface area contributed by atoms with Gasteiger partial charge in [-0.2, -0.15) is 0 Å². The molecule has 2 aliphatic rings. The monoisotopic (exact) mass is 338 g/mol. The maximum absolute atomic E-state index is 12.7. The molecule has 0 spiro atoms. The lowest BCUT2D eigenvalue weighted by atomic mass is 9.97. The van der Waals surface area contributed by atoms with Gasteiger partial charge in [0.05, 0.1) is 0 Å². The predicted molar refractivity (Wildman–Crippen MR) is 98.7 cm³/mol. The number of hydrogen-bond donors (Lipinski definition) is 1. The maximum Gasteiger partial charge on any atom is 0.321 e. The van der Waals surface area contributed by atoms with Gasteiger partial charge < -0.3 is 14.8 Å². The van der Waals surface area contributed by atoms with Gasteiger partial charge in [-0.1, -0.05) is 12.1 Å². The molecule has 1 aromatic carbocycles. The highest BCUT2D eigenvalue weighted by Crippen LogP contribution is 2.33. The molecule has 0 bridgehead atoms. The summed E-state index contributed by atoms with van der Waals surface area (Å²) in [6.45, 7) is 4.68. The van der Waals surface area contributed by atoms with Gasteiger partial charge in [-0.25, -0.2) is 9.78 Å². The van der Waals surface area contributed by atoms with Crippen LogP contribution in [0.25, 0.3) is 0 Å². The van der Waals surface area contributed by atoms with Gasteiger partial charge in [-0.15, -0.1) is 0 Å². The molecule has 2 aromatic rings. The third-order valence-corrected chi connectivity index (χ3v) is 5.24. The minimum Gasteiger partial charge on any atom is -0.334 e. The zero-order valence-electron chi connectivity index (χ0n) is 14.8. The molecule has 132 valence electrons. The van der Waals surface area contributed by atoms with Crippen LogP contribution in [0.1, 0.15) is 43.0 Å². The molecule has 2 fully saturated rings. The number of imidazole rings is 1. The number of rotatable bonds is 4. The molecule has 1 N–H and O–H groups in total. The van der Waals surface area contributed by atoms with E-state index in [0.29, 0.717) is 5.92 Å². The van der Waals surface area contributed by atoms with Crippen LogP contribution in [-0.4, -0.2) is 33.6 Å². The number of aromatic nitrogens is 2. The van der Waals surface area contributed by atoms with Crippen LogP contribution < -0.4 is 5.32 Å². The number of nitrogens with zero attached hydrogens (tertiary/aromatic N) is 3. The first-order chi connectivity index (χ1) is 12.2. The number of piperidine rings is 1. The van der Waals surface area contributed by atoms with Crippen molar-refractivity contribution in [1.82, 2.24) is 14.5 Å². The summed E-state index contributed by atoms with van der Waals surface area (Å²) in [4.78, 5) is 19.2. The molecule has 0 radical (unpaired) electrons. The number of nitrogens with one attached hydrogen (secondary N) is 1. The average molecular weight is 338 g/mol. The Labute approximate surface area is 149 Å². The summed E-state index contributed by atoms with van der Waals surface area (Å²) in [5.74, 6) is 2.32. The number of hydrogen-bond acceptors (Lipinski definition) is 2. The molecule has 2 amide bonds. The predicted octanol–water partition coefficient (Wildman–Crippen LogP) is 4.01. The SMILES string of the molecule is Cc1cccc(NC(=O)N2CCCC(c3nccn3CC3CC3)C2)c1. The first-order valence-electron chi connectivity index (χ1n) is 9.32. The van der Waals surface area contributed by atoms with Gasteiger partial charge in [0.15, 0.2) is 0 Å². The van der Waals surface area contributed by atoms with Crippen molar-refractivity contribution >= 4 is 11.7 Å². The summed E-state index contributed by atoms with van der Waals surface area (Å²) in [6.07, 6.45) is 8.82. The molecule has 1 unspecified atom stereocenters. The molecule has 25 heavy (non-hydrogen) atoms. The standard InChI is InChI=1S/C20H26N4O/c1-15-4-2-6-18(12-15)22-20(25)24-10-3-5-17(14-24)19-21-9-11-23(19)13-16-7-8-16/h2,4,6,9,11-12,16-17H,3,5,7-8,10,13-14H2,1H3,(H,22,25). The highest BCUT2D eigenvalue weighted by atomic mass is 16.2.